The molecule has 0 saturated heterocycles. The van der Waals surface area contributed by atoms with Crippen molar-refractivity contribution in [3.63, 3.8) is 0 Å². The van der Waals surface area contributed by atoms with Gasteiger partial charge in [0, 0.05) is 42.3 Å². The summed E-state index contributed by atoms with van der Waals surface area (Å²) in [7, 11) is 0. The molecule has 3 heterocycles. The van der Waals surface area contributed by atoms with Crippen LogP contribution in [0.4, 0.5) is 9.80 Å². The molecule has 1 aliphatic carbocycles. The maximum Gasteiger partial charge on any atom is 0.407 e. The molecule has 3 aromatic rings. The topological polar surface area (TPSA) is 117 Å². The van der Waals surface area contributed by atoms with E-state index >= 15 is 0 Å². The summed E-state index contributed by atoms with van der Waals surface area (Å²) in [6.45, 7) is 0.657. The van der Waals surface area contributed by atoms with E-state index in [4.69, 9.17) is 4.74 Å². The number of carbonyl (C=O) groups is 2. The average Bonchev–Trinajstić information content (AvgIpc) is 3.22. The molecule has 0 aromatic carbocycles. The van der Waals surface area contributed by atoms with E-state index in [0.717, 1.165) is 28.0 Å². The van der Waals surface area contributed by atoms with Crippen LogP contribution in [0.1, 0.15) is 33.6 Å². The van der Waals surface area contributed by atoms with Crippen molar-refractivity contribution in [2.75, 3.05) is 11.9 Å². The predicted molar refractivity (Wildman–Crippen MR) is 129 cm³/mol. The van der Waals surface area contributed by atoms with Gasteiger partial charge in [-0.25, -0.2) is 4.79 Å². The molecule has 8 nitrogen and oxygen atoms in total. The number of alkyl carbamates (subject to hydrolysis) is 1. The number of pyridine rings is 2. The second kappa shape index (κ2) is 11.2. The zero-order valence-corrected chi connectivity index (χ0v) is 19.2. The third-order valence-corrected chi connectivity index (χ3v) is 6.61. The van der Waals surface area contributed by atoms with E-state index in [9.17, 15) is 14.9 Å². The van der Waals surface area contributed by atoms with E-state index < -0.39 is 6.09 Å². The minimum atomic E-state index is -0.466. The Morgan fingerprint density at radius 3 is 2.79 bits per heavy atom. The smallest absolute Gasteiger partial charge is 0.407 e. The van der Waals surface area contributed by atoms with Gasteiger partial charge in [-0.15, -0.1) is 11.3 Å². The first-order valence-corrected chi connectivity index (χ1v) is 11.7. The van der Waals surface area contributed by atoms with Crippen LogP contribution < -0.4 is 10.6 Å². The summed E-state index contributed by atoms with van der Waals surface area (Å²) < 4.78 is 5.41. The number of nitrogens with one attached hydrogen (secondary N) is 2. The van der Waals surface area contributed by atoms with E-state index in [1.165, 1.54) is 17.4 Å². The molecule has 1 unspecified atom stereocenters. The van der Waals surface area contributed by atoms with Gasteiger partial charge in [-0.1, -0.05) is 12.1 Å². The number of carbonyl (C=O) groups excluding carboxylic acids is 2. The second-order valence-electron chi connectivity index (χ2n) is 7.85. The van der Waals surface area contributed by atoms with Crippen LogP contribution in [-0.2, 0) is 28.9 Å². The number of thiophene rings is 1. The van der Waals surface area contributed by atoms with Crippen molar-refractivity contribution in [3.05, 3.63) is 82.3 Å². The minimum Gasteiger partial charge on any atom is -0.449 e. The summed E-state index contributed by atoms with van der Waals surface area (Å²) in [5, 5.41) is 15.8. The number of ether oxygens (including phenoxy) is 1. The summed E-state index contributed by atoms with van der Waals surface area (Å²) in [6.07, 6.45) is 11.6. The Kier molecular flexibility index (Phi) is 7.63. The van der Waals surface area contributed by atoms with Crippen LogP contribution in [-0.4, -0.2) is 28.6 Å². The quantitative estimate of drug-likeness (QED) is 0.499. The summed E-state index contributed by atoms with van der Waals surface area (Å²) in [4.78, 5) is 33.5. The fraction of sp³-hybridized carbons (Fsp3) is 0.240. The number of anilines is 1. The molecule has 0 aliphatic heterocycles. The Bertz CT molecular complexity index is 1220. The van der Waals surface area contributed by atoms with Crippen molar-refractivity contribution >= 4 is 34.4 Å². The monoisotopic (exact) mass is 473 g/mol. The summed E-state index contributed by atoms with van der Waals surface area (Å²) >= 11 is 1.42. The Balaban J connectivity index is 1.31. The van der Waals surface area contributed by atoms with Gasteiger partial charge in [0.05, 0.1) is 12.2 Å². The van der Waals surface area contributed by atoms with Gasteiger partial charge in [0.2, 0.25) is 5.91 Å². The van der Waals surface area contributed by atoms with Crippen molar-refractivity contribution in [1.82, 2.24) is 15.3 Å². The Labute approximate surface area is 201 Å². The molecule has 2 N–H and O–H groups in total. The molecule has 2 amide bonds. The van der Waals surface area contributed by atoms with Crippen molar-refractivity contribution in [1.29, 1.82) is 5.26 Å². The number of nitriles is 1. The molecule has 0 saturated carbocycles. The molecule has 34 heavy (non-hydrogen) atoms. The van der Waals surface area contributed by atoms with Crippen molar-refractivity contribution in [3.8, 4) is 6.07 Å². The zero-order valence-electron chi connectivity index (χ0n) is 18.4. The van der Waals surface area contributed by atoms with Gasteiger partial charge >= 0.3 is 6.09 Å². The number of rotatable bonds is 7. The van der Waals surface area contributed by atoms with Crippen LogP contribution in [0.5, 0.6) is 0 Å². The molecule has 3 aromatic heterocycles. The largest absolute Gasteiger partial charge is 0.449 e. The summed E-state index contributed by atoms with van der Waals surface area (Å²) in [5.74, 6) is -0.139. The van der Waals surface area contributed by atoms with Crippen LogP contribution in [0, 0.1) is 17.2 Å². The second-order valence-corrected chi connectivity index (χ2v) is 8.96. The molecule has 172 valence electrons. The normalized spacial score (nSPS) is 14.7. The van der Waals surface area contributed by atoms with E-state index in [-0.39, 0.29) is 11.8 Å². The van der Waals surface area contributed by atoms with Crippen LogP contribution in [0.15, 0.2) is 55.1 Å². The van der Waals surface area contributed by atoms with Crippen LogP contribution in [0.2, 0.25) is 0 Å². The molecule has 0 radical (unpaired) electrons. The van der Waals surface area contributed by atoms with E-state index in [0.29, 0.717) is 36.6 Å². The highest BCUT2D eigenvalue weighted by atomic mass is 32.1. The van der Waals surface area contributed by atoms with Crippen molar-refractivity contribution in [2.24, 2.45) is 5.92 Å². The fourth-order valence-corrected chi connectivity index (χ4v) is 5.04. The number of nitrogens with zero attached hydrogens (tertiary/aromatic N) is 3. The number of hydrogen-bond donors (Lipinski definition) is 2. The maximum absolute atomic E-state index is 12.4. The molecule has 0 bridgehead atoms. The van der Waals surface area contributed by atoms with Gasteiger partial charge in [-0.2, -0.15) is 5.26 Å². The third-order valence-electron chi connectivity index (χ3n) is 5.44. The average molecular weight is 474 g/mol. The molecular formula is C25H23N5O3S. The highest BCUT2D eigenvalue weighted by Crippen LogP contribution is 2.39. The van der Waals surface area contributed by atoms with Gasteiger partial charge in [-0.3, -0.25) is 14.8 Å². The molecule has 0 spiro atoms. The minimum absolute atomic E-state index is 0.163. The number of hydrogen-bond acceptors (Lipinski definition) is 7. The van der Waals surface area contributed by atoms with Crippen molar-refractivity contribution in [2.45, 2.75) is 25.8 Å². The van der Waals surface area contributed by atoms with Gasteiger partial charge in [-0.05, 0) is 60.1 Å². The Hall–Kier alpha value is -4.03. The number of aromatic nitrogens is 2. The molecule has 4 rings (SSSR count). The molecule has 0 fully saturated rings. The van der Waals surface area contributed by atoms with E-state index in [1.54, 1.807) is 36.9 Å². The number of fused-ring (bicyclic) bond motifs is 1. The van der Waals surface area contributed by atoms with Crippen molar-refractivity contribution < 1.29 is 14.3 Å². The van der Waals surface area contributed by atoms with E-state index in [2.05, 4.69) is 26.7 Å². The Morgan fingerprint density at radius 2 is 2.06 bits per heavy atom. The lowest BCUT2D eigenvalue weighted by Crippen LogP contribution is -2.27. The zero-order chi connectivity index (χ0) is 23.8. The van der Waals surface area contributed by atoms with Gasteiger partial charge < -0.3 is 15.4 Å². The fourth-order valence-electron chi connectivity index (χ4n) is 3.72. The van der Waals surface area contributed by atoms with E-state index in [1.807, 2.05) is 18.2 Å². The van der Waals surface area contributed by atoms with Crippen LogP contribution >= 0.6 is 11.3 Å². The maximum atomic E-state index is 12.4. The van der Waals surface area contributed by atoms with Gasteiger partial charge in [0.15, 0.2) is 0 Å². The first kappa shape index (κ1) is 23.1. The molecule has 1 aliphatic rings. The standard InChI is InChI=1S/C25H23N5O3S/c26-12-21-20-7-5-18(16-33-25(32)29-15-19-4-2-10-28-14-19)11-22(20)34-24(21)30-23(31)8-6-17-3-1-9-27-13-17/h1-4,6,8-10,13-14,18H,5,7,11,15-16H2,(H,29,32)(H,30,31). The Morgan fingerprint density at radius 1 is 1.24 bits per heavy atom. The summed E-state index contributed by atoms with van der Waals surface area (Å²) in [6, 6.07) is 9.58. The van der Waals surface area contributed by atoms with Crippen LogP contribution in [0.3, 0.4) is 0 Å². The van der Waals surface area contributed by atoms with Gasteiger partial charge in [0.1, 0.15) is 11.1 Å². The third kappa shape index (κ3) is 6.05. The molecular weight excluding hydrogens is 450 g/mol. The predicted octanol–water partition coefficient (Wildman–Crippen LogP) is 4.09. The lowest BCUT2D eigenvalue weighted by Gasteiger charge is -2.21. The number of amides is 2. The molecule has 9 heteroatoms. The molecule has 1 atom stereocenters. The first-order valence-electron chi connectivity index (χ1n) is 10.9. The lowest BCUT2D eigenvalue weighted by atomic mass is 9.88. The SMILES string of the molecule is N#Cc1c(NC(=O)C=Cc2cccnc2)sc2c1CCC(COC(=O)NCc1cccnc1)C2. The highest BCUT2D eigenvalue weighted by molar-refractivity contribution is 7.16. The van der Waals surface area contributed by atoms with Crippen LogP contribution in [0.25, 0.3) is 6.08 Å². The van der Waals surface area contributed by atoms with Gasteiger partial charge in [0.25, 0.3) is 0 Å². The highest BCUT2D eigenvalue weighted by Gasteiger charge is 2.27. The summed E-state index contributed by atoms with van der Waals surface area (Å²) in [5.41, 5.74) is 3.22. The lowest BCUT2D eigenvalue weighted by molar-refractivity contribution is -0.111. The first-order chi connectivity index (χ1) is 16.6.